The number of likely N-dealkylation sites (tertiary alicyclic amines) is 1. The second-order valence-corrected chi connectivity index (χ2v) is 7.01. The fourth-order valence-electron chi connectivity index (χ4n) is 3.26. The molecule has 160 valence electrons. The van der Waals surface area contributed by atoms with Gasteiger partial charge in [-0.2, -0.15) is 0 Å². The number of rotatable bonds is 15. The van der Waals surface area contributed by atoms with Gasteiger partial charge in [-0.3, -0.25) is 4.90 Å². The maximum Gasteiger partial charge on any atom is 0.157 e. The standard InChI is InChI=1S/C19H37NO7/c1-20-15-18(14-17(20)16-21)25-12-10-23-8-6-22-7-9-24-11-13-27-19-4-2-3-5-26-19/h17-19,21H,2-16H2,1H3/t17-,18-,19-/m1/s1. The maximum atomic E-state index is 9.23. The molecule has 2 saturated heterocycles. The number of nitrogens with zero attached hydrogens (tertiary/aromatic N) is 1. The highest BCUT2D eigenvalue weighted by atomic mass is 16.7. The van der Waals surface area contributed by atoms with Crippen molar-refractivity contribution in [1.82, 2.24) is 4.90 Å². The van der Waals surface area contributed by atoms with Crippen molar-refractivity contribution in [1.29, 1.82) is 0 Å². The summed E-state index contributed by atoms with van der Waals surface area (Å²) in [5, 5.41) is 9.23. The topological polar surface area (TPSA) is 78.9 Å². The maximum absolute atomic E-state index is 9.23. The van der Waals surface area contributed by atoms with Gasteiger partial charge < -0.3 is 33.5 Å². The summed E-state index contributed by atoms with van der Waals surface area (Å²) in [6.07, 6.45) is 4.32. The van der Waals surface area contributed by atoms with Crippen molar-refractivity contribution in [2.24, 2.45) is 0 Å². The SMILES string of the molecule is CN1C[C@H](OCCOCCOCCOCCO[C@@H]2CCCCO2)C[C@@H]1CO. The molecule has 0 aromatic rings. The Morgan fingerprint density at radius 3 is 2.07 bits per heavy atom. The van der Waals surface area contributed by atoms with E-state index < -0.39 is 0 Å². The Morgan fingerprint density at radius 2 is 1.52 bits per heavy atom. The number of aliphatic hydroxyl groups is 1. The second-order valence-electron chi connectivity index (χ2n) is 7.01. The number of hydrogen-bond donors (Lipinski definition) is 1. The van der Waals surface area contributed by atoms with Gasteiger partial charge in [-0.05, 0) is 32.7 Å². The molecule has 1 N–H and O–H groups in total. The van der Waals surface area contributed by atoms with Gasteiger partial charge in [0.15, 0.2) is 6.29 Å². The molecule has 2 rings (SSSR count). The lowest BCUT2D eigenvalue weighted by Gasteiger charge is -2.22. The van der Waals surface area contributed by atoms with Gasteiger partial charge in [0.25, 0.3) is 0 Å². The minimum Gasteiger partial charge on any atom is -0.395 e. The first-order valence-corrected chi connectivity index (χ1v) is 10.2. The molecule has 2 aliphatic heterocycles. The van der Waals surface area contributed by atoms with Crippen LogP contribution >= 0.6 is 0 Å². The number of ether oxygens (including phenoxy) is 6. The van der Waals surface area contributed by atoms with Crippen LogP contribution in [0.4, 0.5) is 0 Å². The number of likely N-dealkylation sites (N-methyl/N-ethyl adjacent to an activating group) is 1. The lowest BCUT2D eigenvalue weighted by molar-refractivity contribution is -0.169. The van der Waals surface area contributed by atoms with Gasteiger partial charge in [0.1, 0.15) is 0 Å². The van der Waals surface area contributed by atoms with E-state index in [9.17, 15) is 5.11 Å². The highest BCUT2D eigenvalue weighted by Crippen LogP contribution is 2.17. The van der Waals surface area contributed by atoms with Crippen molar-refractivity contribution in [2.45, 2.75) is 44.1 Å². The van der Waals surface area contributed by atoms with Crippen molar-refractivity contribution in [3.63, 3.8) is 0 Å². The van der Waals surface area contributed by atoms with Crippen molar-refractivity contribution in [2.75, 3.05) is 79.7 Å². The van der Waals surface area contributed by atoms with E-state index >= 15 is 0 Å². The molecule has 8 heteroatoms. The highest BCUT2D eigenvalue weighted by Gasteiger charge is 2.29. The summed E-state index contributed by atoms with van der Waals surface area (Å²) in [4.78, 5) is 2.14. The third-order valence-corrected chi connectivity index (χ3v) is 4.86. The first-order valence-electron chi connectivity index (χ1n) is 10.2. The van der Waals surface area contributed by atoms with Gasteiger partial charge in [0, 0.05) is 19.2 Å². The molecule has 2 heterocycles. The summed E-state index contributed by atoms with van der Waals surface area (Å²) in [5.74, 6) is 0. The van der Waals surface area contributed by atoms with Crippen LogP contribution in [0.2, 0.25) is 0 Å². The van der Waals surface area contributed by atoms with Crippen molar-refractivity contribution in [3.05, 3.63) is 0 Å². The minimum atomic E-state index is -0.0505. The average molecular weight is 392 g/mol. The van der Waals surface area contributed by atoms with Crippen LogP contribution in [0.3, 0.4) is 0 Å². The monoisotopic (exact) mass is 391 g/mol. The van der Waals surface area contributed by atoms with Crippen molar-refractivity contribution in [3.8, 4) is 0 Å². The lowest BCUT2D eigenvalue weighted by Crippen LogP contribution is -2.28. The second kappa shape index (κ2) is 14.6. The zero-order chi connectivity index (χ0) is 19.2. The Balaban J connectivity index is 1.27. The van der Waals surface area contributed by atoms with E-state index in [0.717, 1.165) is 32.4 Å². The molecule has 0 bridgehead atoms. The summed E-state index contributed by atoms with van der Waals surface area (Å²) in [6, 6.07) is 0.221. The van der Waals surface area contributed by atoms with Gasteiger partial charge in [-0.1, -0.05) is 0 Å². The van der Waals surface area contributed by atoms with Crippen molar-refractivity contribution < 1.29 is 33.5 Å². The van der Waals surface area contributed by atoms with Crippen LogP contribution in [-0.2, 0) is 28.4 Å². The molecule has 2 aliphatic rings. The zero-order valence-corrected chi connectivity index (χ0v) is 16.7. The van der Waals surface area contributed by atoms with Crippen LogP contribution in [0.5, 0.6) is 0 Å². The molecule has 8 nitrogen and oxygen atoms in total. The molecule has 3 atom stereocenters. The van der Waals surface area contributed by atoms with E-state index in [4.69, 9.17) is 28.4 Å². The smallest absolute Gasteiger partial charge is 0.157 e. The Morgan fingerprint density at radius 1 is 0.889 bits per heavy atom. The lowest BCUT2D eigenvalue weighted by atomic mass is 10.2. The van der Waals surface area contributed by atoms with Gasteiger partial charge in [0.2, 0.25) is 0 Å². The van der Waals surface area contributed by atoms with Crippen LogP contribution < -0.4 is 0 Å². The van der Waals surface area contributed by atoms with Crippen LogP contribution in [0.25, 0.3) is 0 Å². The summed E-state index contributed by atoms with van der Waals surface area (Å²) in [5.41, 5.74) is 0. The third kappa shape index (κ3) is 10.1. The summed E-state index contributed by atoms with van der Waals surface area (Å²) >= 11 is 0. The molecule has 0 aliphatic carbocycles. The number of aliphatic hydroxyl groups excluding tert-OH is 1. The molecule has 0 saturated carbocycles. The van der Waals surface area contributed by atoms with E-state index in [1.54, 1.807) is 0 Å². The largest absolute Gasteiger partial charge is 0.395 e. The Labute approximate surface area is 163 Å². The Kier molecular flexibility index (Phi) is 12.5. The molecule has 0 aromatic carbocycles. The van der Waals surface area contributed by atoms with E-state index in [1.165, 1.54) is 6.42 Å². The molecular formula is C19H37NO7. The van der Waals surface area contributed by atoms with Gasteiger partial charge >= 0.3 is 0 Å². The average Bonchev–Trinajstić information content (AvgIpc) is 3.06. The van der Waals surface area contributed by atoms with Crippen LogP contribution in [0, 0.1) is 0 Å². The van der Waals surface area contributed by atoms with Gasteiger partial charge in [-0.15, -0.1) is 0 Å². The molecular weight excluding hydrogens is 354 g/mol. The van der Waals surface area contributed by atoms with E-state index in [1.807, 2.05) is 7.05 Å². The Hall–Kier alpha value is -0.320. The fraction of sp³-hybridized carbons (Fsp3) is 1.00. The van der Waals surface area contributed by atoms with E-state index in [0.29, 0.717) is 52.9 Å². The molecule has 0 aromatic heterocycles. The molecule has 0 radical (unpaired) electrons. The summed E-state index contributed by atoms with van der Waals surface area (Å²) < 4.78 is 33.3. The van der Waals surface area contributed by atoms with E-state index in [2.05, 4.69) is 4.90 Å². The molecule has 0 amide bonds. The van der Waals surface area contributed by atoms with Crippen molar-refractivity contribution >= 4 is 0 Å². The normalized spacial score (nSPS) is 26.7. The number of hydrogen-bond acceptors (Lipinski definition) is 8. The van der Waals surface area contributed by atoms with Gasteiger partial charge in [-0.25, -0.2) is 0 Å². The van der Waals surface area contributed by atoms with Crippen LogP contribution in [0.1, 0.15) is 25.7 Å². The van der Waals surface area contributed by atoms with Crippen LogP contribution in [-0.4, -0.2) is 108 Å². The molecule has 2 fully saturated rings. The quantitative estimate of drug-likeness (QED) is 0.408. The summed E-state index contributed by atoms with van der Waals surface area (Å²) in [6.45, 7) is 6.32. The molecule has 0 spiro atoms. The minimum absolute atomic E-state index is 0.0505. The first-order chi connectivity index (χ1) is 13.3. The third-order valence-electron chi connectivity index (χ3n) is 4.86. The Bertz CT molecular complexity index is 355. The molecule has 0 unspecified atom stereocenters. The summed E-state index contributed by atoms with van der Waals surface area (Å²) in [7, 11) is 2.01. The molecule has 27 heavy (non-hydrogen) atoms. The van der Waals surface area contributed by atoms with Gasteiger partial charge in [0.05, 0.1) is 65.6 Å². The van der Waals surface area contributed by atoms with E-state index in [-0.39, 0.29) is 25.0 Å². The zero-order valence-electron chi connectivity index (χ0n) is 16.7. The first kappa shape index (κ1) is 23.0. The predicted molar refractivity (Wildman–Crippen MR) is 99.9 cm³/mol. The fourth-order valence-corrected chi connectivity index (χ4v) is 3.26. The predicted octanol–water partition coefficient (Wildman–Crippen LogP) is 0.661. The highest BCUT2D eigenvalue weighted by molar-refractivity contribution is 4.83. The van der Waals surface area contributed by atoms with Crippen LogP contribution in [0.15, 0.2) is 0 Å².